The quantitative estimate of drug-likeness (QED) is 0.879. The van der Waals surface area contributed by atoms with Crippen LogP contribution in [0.15, 0.2) is 36.5 Å². The van der Waals surface area contributed by atoms with Gasteiger partial charge in [-0.1, -0.05) is 11.6 Å². The van der Waals surface area contributed by atoms with Crippen LogP contribution < -0.4 is 14.8 Å². The Hall–Kier alpha value is -2.27. The number of aromatic nitrogens is 1. The number of benzene rings is 1. The zero-order chi connectivity index (χ0) is 15.9. The monoisotopic (exact) mass is 320 g/mol. The van der Waals surface area contributed by atoms with E-state index in [1.807, 2.05) is 13.8 Å². The largest absolute Gasteiger partial charge is 0.490 e. The molecule has 0 atom stereocenters. The van der Waals surface area contributed by atoms with Gasteiger partial charge in [0.25, 0.3) is 5.91 Å². The second-order valence-electron chi connectivity index (χ2n) is 4.34. The van der Waals surface area contributed by atoms with E-state index in [9.17, 15) is 4.79 Å². The third kappa shape index (κ3) is 4.11. The summed E-state index contributed by atoms with van der Waals surface area (Å²) in [6.07, 6.45) is 1.47. The van der Waals surface area contributed by atoms with Crippen LogP contribution in [0.3, 0.4) is 0 Å². The third-order valence-electron chi connectivity index (χ3n) is 2.77. The van der Waals surface area contributed by atoms with Gasteiger partial charge in [0.2, 0.25) is 0 Å². The van der Waals surface area contributed by atoms with E-state index in [0.29, 0.717) is 41.1 Å². The molecule has 0 saturated heterocycles. The first-order chi connectivity index (χ1) is 10.6. The summed E-state index contributed by atoms with van der Waals surface area (Å²) >= 11 is 5.76. The van der Waals surface area contributed by atoms with Crippen molar-refractivity contribution in [3.63, 3.8) is 0 Å². The highest BCUT2D eigenvalue weighted by Crippen LogP contribution is 2.28. The first kappa shape index (κ1) is 16.1. The van der Waals surface area contributed by atoms with E-state index >= 15 is 0 Å². The van der Waals surface area contributed by atoms with Gasteiger partial charge in [0.15, 0.2) is 11.5 Å². The van der Waals surface area contributed by atoms with E-state index in [2.05, 4.69) is 10.3 Å². The Balaban J connectivity index is 2.18. The molecule has 2 rings (SSSR count). The van der Waals surface area contributed by atoms with Crippen molar-refractivity contribution in [3.8, 4) is 11.5 Å². The van der Waals surface area contributed by atoms with Crippen LogP contribution in [-0.4, -0.2) is 24.1 Å². The Morgan fingerprint density at radius 2 is 1.86 bits per heavy atom. The number of nitrogens with zero attached hydrogens (tertiary/aromatic N) is 1. The van der Waals surface area contributed by atoms with E-state index in [0.717, 1.165) is 0 Å². The first-order valence-corrected chi connectivity index (χ1v) is 7.34. The minimum Gasteiger partial charge on any atom is -0.490 e. The van der Waals surface area contributed by atoms with Gasteiger partial charge in [-0.3, -0.25) is 4.79 Å². The normalized spacial score (nSPS) is 10.1. The van der Waals surface area contributed by atoms with E-state index in [-0.39, 0.29) is 5.91 Å². The van der Waals surface area contributed by atoms with Gasteiger partial charge in [-0.25, -0.2) is 4.98 Å². The summed E-state index contributed by atoms with van der Waals surface area (Å²) in [4.78, 5) is 16.3. The molecule has 0 radical (unpaired) electrons. The van der Waals surface area contributed by atoms with Gasteiger partial charge < -0.3 is 14.8 Å². The third-order valence-corrected chi connectivity index (χ3v) is 3.00. The van der Waals surface area contributed by atoms with Crippen molar-refractivity contribution in [3.05, 3.63) is 47.1 Å². The summed E-state index contributed by atoms with van der Waals surface area (Å²) in [5.41, 5.74) is 0.462. The molecule has 1 N–H and O–H groups in total. The fraction of sp³-hybridized carbons (Fsp3) is 0.250. The molecule has 0 saturated carbocycles. The summed E-state index contributed by atoms with van der Waals surface area (Å²) in [5.74, 6) is 1.31. The molecule has 0 bridgehead atoms. The molecule has 2 aromatic rings. The SMILES string of the molecule is CCOc1ccc(C(=O)Nc2ccc(Cl)cn2)cc1OCC. The van der Waals surface area contributed by atoms with Crippen molar-refractivity contribution in [2.75, 3.05) is 18.5 Å². The van der Waals surface area contributed by atoms with E-state index in [1.54, 1.807) is 30.3 Å². The van der Waals surface area contributed by atoms with Crippen LogP contribution in [0.4, 0.5) is 5.82 Å². The summed E-state index contributed by atoms with van der Waals surface area (Å²) in [6.45, 7) is 4.78. The van der Waals surface area contributed by atoms with Crippen molar-refractivity contribution < 1.29 is 14.3 Å². The molecule has 0 fully saturated rings. The zero-order valence-corrected chi connectivity index (χ0v) is 13.2. The van der Waals surface area contributed by atoms with Crippen molar-refractivity contribution in [2.45, 2.75) is 13.8 Å². The highest BCUT2D eigenvalue weighted by molar-refractivity contribution is 6.30. The predicted octanol–water partition coefficient (Wildman–Crippen LogP) is 3.78. The highest BCUT2D eigenvalue weighted by Gasteiger charge is 2.12. The molecular weight excluding hydrogens is 304 g/mol. The summed E-state index contributed by atoms with van der Waals surface area (Å²) < 4.78 is 11.0. The van der Waals surface area contributed by atoms with Crippen LogP contribution in [0.25, 0.3) is 0 Å². The predicted molar refractivity (Wildman–Crippen MR) is 86.0 cm³/mol. The topological polar surface area (TPSA) is 60.5 Å². The smallest absolute Gasteiger partial charge is 0.256 e. The minimum atomic E-state index is -0.279. The number of hydrogen-bond donors (Lipinski definition) is 1. The molecule has 116 valence electrons. The van der Waals surface area contributed by atoms with Gasteiger partial charge in [-0.2, -0.15) is 0 Å². The van der Waals surface area contributed by atoms with Gasteiger partial charge >= 0.3 is 0 Å². The molecule has 0 spiro atoms. The summed E-state index contributed by atoms with van der Waals surface area (Å²) in [5, 5.41) is 3.21. The minimum absolute atomic E-state index is 0.279. The van der Waals surface area contributed by atoms with Gasteiger partial charge in [-0.05, 0) is 44.2 Å². The number of anilines is 1. The number of nitrogens with one attached hydrogen (secondary N) is 1. The highest BCUT2D eigenvalue weighted by atomic mass is 35.5. The Kier molecular flexibility index (Phi) is 5.61. The van der Waals surface area contributed by atoms with Crippen LogP contribution in [-0.2, 0) is 0 Å². The van der Waals surface area contributed by atoms with Gasteiger partial charge in [-0.15, -0.1) is 0 Å². The lowest BCUT2D eigenvalue weighted by Crippen LogP contribution is -2.13. The lowest BCUT2D eigenvalue weighted by Gasteiger charge is -2.12. The molecule has 22 heavy (non-hydrogen) atoms. The molecule has 1 heterocycles. The number of carbonyl (C=O) groups is 1. The maximum atomic E-state index is 12.2. The second kappa shape index (κ2) is 7.66. The number of pyridine rings is 1. The Morgan fingerprint density at radius 1 is 1.14 bits per heavy atom. The fourth-order valence-corrected chi connectivity index (χ4v) is 1.94. The molecule has 1 amide bonds. The van der Waals surface area contributed by atoms with Crippen molar-refractivity contribution in [2.24, 2.45) is 0 Å². The number of ether oxygens (including phenoxy) is 2. The lowest BCUT2D eigenvalue weighted by molar-refractivity contribution is 0.102. The average molecular weight is 321 g/mol. The van der Waals surface area contributed by atoms with Crippen LogP contribution in [0.1, 0.15) is 24.2 Å². The van der Waals surface area contributed by atoms with Crippen LogP contribution >= 0.6 is 11.6 Å². The van der Waals surface area contributed by atoms with Gasteiger partial charge in [0.1, 0.15) is 5.82 Å². The van der Waals surface area contributed by atoms with Crippen LogP contribution in [0.5, 0.6) is 11.5 Å². The molecule has 0 aliphatic carbocycles. The van der Waals surface area contributed by atoms with Crippen LogP contribution in [0.2, 0.25) is 5.02 Å². The number of carbonyl (C=O) groups excluding carboxylic acids is 1. The Labute approximate surface area is 134 Å². The maximum absolute atomic E-state index is 12.2. The number of halogens is 1. The fourth-order valence-electron chi connectivity index (χ4n) is 1.83. The van der Waals surface area contributed by atoms with Crippen molar-refractivity contribution in [1.29, 1.82) is 0 Å². The zero-order valence-electron chi connectivity index (χ0n) is 12.4. The molecule has 6 heteroatoms. The molecule has 0 unspecified atom stereocenters. The van der Waals surface area contributed by atoms with E-state index in [1.165, 1.54) is 6.20 Å². The standard InChI is InChI=1S/C16H17ClN2O3/c1-3-21-13-7-5-11(9-14(13)22-4-2)16(20)19-15-8-6-12(17)10-18-15/h5-10H,3-4H2,1-2H3,(H,18,19,20). The Morgan fingerprint density at radius 3 is 2.50 bits per heavy atom. The van der Waals surface area contributed by atoms with Gasteiger partial charge in [0.05, 0.1) is 18.2 Å². The van der Waals surface area contributed by atoms with E-state index < -0.39 is 0 Å². The van der Waals surface area contributed by atoms with Crippen molar-refractivity contribution in [1.82, 2.24) is 4.98 Å². The number of amides is 1. The summed E-state index contributed by atoms with van der Waals surface area (Å²) in [7, 11) is 0. The molecule has 0 aliphatic heterocycles. The maximum Gasteiger partial charge on any atom is 0.256 e. The molecule has 1 aromatic heterocycles. The first-order valence-electron chi connectivity index (χ1n) is 6.96. The second-order valence-corrected chi connectivity index (χ2v) is 4.78. The molecular formula is C16H17ClN2O3. The summed E-state index contributed by atoms with van der Waals surface area (Å²) in [6, 6.07) is 8.35. The molecule has 5 nitrogen and oxygen atoms in total. The number of hydrogen-bond acceptors (Lipinski definition) is 4. The molecule has 0 aliphatic rings. The number of rotatable bonds is 6. The van der Waals surface area contributed by atoms with Crippen molar-refractivity contribution >= 4 is 23.3 Å². The van der Waals surface area contributed by atoms with Gasteiger partial charge in [0, 0.05) is 11.8 Å². The molecule has 1 aromatic carbocycles. The lowest BCUT2D eigenvalue weighted by atomic mass is 10.2. The van der Waals surface area contributed by atoms with Crippen LogP contribution in [0, 0.1) is 0 Å². The Bertz CT molecular complexity index is 644. The average Bonchev–Trinajstić information content (AvgIpc) is 2.51. The van der Waals surface area contributed by atoms with E-state index in [4.69, 9.17) is 21.1 Å².